The van der Waals surface area contributed by atoms with Gasteiger partial charge in [0.2, 0.25) is 0 Å². The summed E-state index contributed by atoms with van der Waals surface area (Å²) in [6.45, 7) is 0.422. The fourth-order valence-electron chi connectivity index (χ4n) is 2.16. The van der Waals surface area contributed by atoms with Crippen molar-refractivity contribution >= 4 is 39.3 Å². The van der Waals surface area contributed by atoms with Crippen LogP contribution < -0.4 is 5.32 Å². The van der Waals surface area contributed by atoms with E-state index >= 15 is 0 Å². The Hall–Kier alpha value is -2.18. The molecule has 0 spiro atoms. The van der Waals surface area contributed by atoms with Crippen molar-refractivity contribution in [2.75, 3.05) is 5.32 Å². The third-order valence-electron chi connectivity index (χ3n) is 3.33. The predicted octanol–water partition coefficient (Wildman–Crippen LogP) is 4.74. The van der Waals surface area contributed by atoms with Gasteiger partial charge in [0.05, 0.1) is 12.1 Å². The van der Waals surface area contributed by atoms with Crippen LogP contribution in [0.15, 0.2) is 59.2 Å². The van der Waals surface area contributed by atoms with Crippen LogP contribution in [0, 0.1) is 5.82 Å². The molecule has 24 heavy (non-hydrogen) atoms. The Morgan fingerprint density at radius 3 is 2.62 bits per heavy atom. The second-order valence-corrected chi connectivity index (χ2v) is 6.35. The molecule has 0 saturated carbocycles. The molecule has 0 unspecified atom stereocenters. The molecule has 0 bridgehead atoms. The van der Waals surface area contributed by atoms with E-state index in [0.29, 0.717) is 21.6 Å². The molecule has 1 amide bonds. The van der Waals surface area contributed by atoms with Gasteiger partial charge in [0, 0.05) is 10.7 Å². The minimum atomic E-state index is -0.309. The second kappa shape index (κ2) is 7.15. The summed E-state index contributed by atoms with van der Waals surface area (Å²) in [4.78, 5) is 12.3. The van der Waals surface area contributed by atoms with Crippen LogP contribution >= 0.6 is 27.5 Å². The lowest BCUT2D eigenvalue weighted by molar-refractivity contribution is 0.102. The molecule has 0 radical (unpaired) electrons. The maximum absolute atomic E-state index is 12.9. The van der Waals surface area contributed by atoms with Crippen molar-refractivity contribution in [3.63, 3.8) is 0 Å². The van der Waals surface area contributed by atoms with Gasteiger partial charge in [-0.05, 0) is 45.8 Å². The standard InChI is InChI=1S/C17H12BrClFN3O/c18-14-4-2-1-3-13(14)17(24)21-16-15(19)10-23(22-16)9-11-5-7-12(20)8-6-11/h1-8,10H,9H2,(H,21,22,24). The molecule has 2 aromatic carbocycles. The number of amides is 1. The molecule has 1 N–H and O–H groups in total. The third kappa shape index (κ3) is 3.83. The van der Waals surface area contributed by atoms with E-state index in [1.54, 1.807) is 41.2 Å². The van der Waals surface area contributed by atoms with E-state index in [2.05, 4.69) is 26.3 Å². The van der Waals surface area contributed by atoms with Crippen LogP contribution in [0.4, 0.5) is 10.2 Å². The molecule has 0 fully saturated rings. The number of hydrogen-bond acceptors (Lipinski definition) is 2. The molecule has 3 aromatic rings. The molecule has 3 rings (SSSR count). The molecular weight excluding hydrogens is 397 g/mol. The molecular formula is C17H12BrClFN3O. The first kappa shape index (κ1) is 16.7. The highest BCUT2D eigenvalue weighted by atomic mass is 79.9. The topological polar surface area (TPSA) is 46.9 Å². The highest BCUT2D eigenvalue weighted by molar-refractivity contribution is 9.10. The van der Waals surface area contributed by atoms with Crippen molar-refractivity contribution in [1.82, 2.24) is 9.78 Å². The summed E-state index contributed by atoms with van der Waals surface area (Å²) < 4.78 is 15.2. The first-order valence-electron chi connectivity index (χ1n) is 7.06. The Bertz CT molecular complexity index is 880. The van der Waals surface area contributed by atoms with Gasteiger partial charge in [0.1, 0.15) is 10.8 Å². The lowest BCUT2D eigenvalue weighted by atomic mass is 10.2. The van der Waals surface area contributed by atoms with Gasteiger partial charge < -0.3 is 5.32 Å². The number of aromatic nitrogens is 2. The Balaban J connectivity index is 1.75. The monoisotopic (exact) mass is 407 g/mol. The zero-order valence-electron chi connectivity index (χ0n) is 12.3. The van der Waals surface area contributed by atoms with Gasteiger partial charge in [0.25, 0.3) is 5.91 Å². The molecule has 122 valence electrons. The molecule has 4 nitrogen and oxygen atoms in total. The van der Waals surface area contributed by atoms with Gasteiger partial charge in [-0.1, -0.05) is 35.9 Å². The van der Waals surface area contributed by atoms with E-state index in [0.717, 1.165) is 5.56 Å². The van der Waals surface area contributed by atoms with Gasteiger partial charge in [-0.25, -0.2) is 4.39 Å². The minimum Gasteiger partial charge on any atom is -0.304 e. The molecule has 0 aliphatic rings. The van der Waals surface area contributed by atoms with Gasteiger partial charge in [0.15, 0.2) is 5.82 Å². The largest absolute Gasteiger partial charge is 0.304 e. The fourth-order valence-corrected chi connectivity index (χ4v) is 2.82. The number of anilines is 1. The summed E-state index contributed by atoms with van der Waals surface area (Å²) in [7, 11) is 0. The van der Waals surface area contributed by atoms with Crippen molar-refractivity contribution in [2.45, 2.75) is 6.54 Å². The number of halogens is 3. The van der Waals surface area contributed by atoms with E-state index in [-0.39, 0.29) is 17.5 Å². The van der Waals surface area contributed by atoms with Crippen molar-refractivity contribution in [3.05, 3.63) is 81.2 Å². The van der Waals surface area contributed by atoms with Crippen LogP contribution in [0.25, 0.3) is 0 Å². The summed E-state index contributed by atoms with van der Waals surface area (Å²) in [5.41, 5.74) is 1.36. The first-order chi connectivity index (χ1) is 11.5. The summed E-state index contributed by atoms with van der Waals surface area (Å²) in [5, 5.41) is 7.29. The molecule has 1 aromatic heterocycles. The van der Waals surface area contributed by atoms with E-state index in [9.17, 15) is 9.18 Å². The summed E-state index contributed by atoms with van der Waals surface area (Å²) in [6, 6.07) is 13.2. The van der Waals surface area contributed by atoms with Crippen molar-refractivity contribution in [3.8, 4) is 0 Å². The van der Waals surface area contributed by atoms with E-state index in [1.807, 2.05) is 6.07 Å². The Morgan fingerprint density at radius 1 is 1.21 bits per heavy atom. The number of hydrogen-bond donors (Lipinski definition) is 1. The zero-order chi connectivity index (χ0) is 17.1. The Kier molecular flexibility index (Phi) is 4.97. The van der Waals surface area contributed by atoms with Gasteiger partial charge in [-0.15, -0.1) is 0 Å². The van der Waals surface area contributed by atoms with Crippen LogP contribution in [0.3, 0.4) is 0 Å². The molecule has 0 atom stereocenters. The molecule has 0 aliphatic carbocycles. The lowest BCUT2D eigenvalue weighted by Crippen LogP contribution is -2.13. The number of nitrogens with zero attached hydrogens (tertiary/aromatic N) is 2. The third-order valence-corrected chi connectivity index (χ3v) is 4.29. The normalized spacial score (nSPS) is 10.6. The summed E-state index contributed by atoms with van der Waals surface area (Å²) in [6.07, 6.45) is 1.61. The number of carbonyl (C=O) groups is 1. The summed E-state index contributed by atoms with van der Waals surface area (Å²) in [5.74, 6) is -0.324. The van der Waals surface area contributed by atoms with Crippen LogP contribution in [-0.2, 0) is 6.54 Å². The molecule has 0 aliphatic heterocycles. The lowest BCUT2D eigenvalue weighted by Gasteiger charge is -2.05. The second-order valence-electron chi connectivity index (χ2n) is 5.08. The maximum atomic E-state index is 12.9. The van der Waals surface area contributed by atoms with E-state index in [4.69, 9.17) is 11.6 Å². The SMILES string of the molecule is O=C(Nc1nn(Cc2ccc(F)cc2)cc1Cl)c1ccccc1Br. The average molecular weight is 409 g/mol. The number of benzene rings is 2. The van der Waals surface area contributed by atoms with Gasteiger partial charge >= 0.3 is 0 Å². The minimum absolute atomic E-state index is 0.277. The highest BCUT2D eigenvalue weighted by Gasteiger charge is 2.14. The Labute approximate surface area is 151 Å². The first-order valence-corrected chi connectivity index (χ1v) is 8.23. The zero-order valence-corrected chi connectivity index (χ0v) is 14.7. The smallest absolute Gasteiger partial charge is 0.258 e. The highest BCUT2D eigenvalue weighted by Crippen LogP contribution is 2.22. The van der Waals surface area contributed by atoms with Crippen LogP contribution in [-0.4, -0.2) is 15.7 Å². The molecule has 7 heteroatoms. The predicted molar refractivity (Wildman–Crippen MR) is 94.8 cm³/mol. The van der Waals surface area contributed by atoms with Crippen molar-refractivity contribution in [2.24, 2.45) is 0 Å². The van der Waals surface area contributed by atoms with E-state index < -0.39 is 0 Å². The number of carbonyl (C=O) groups excluding carboxylic acids is 1. The number of rotatable bonds is 4. The number of nitrogens with one attached hydrogen (secondary N) is 1. The van der Waals surface area contributed by atoms with Crippen LogP contribution in [0.2, 0.25) is 5.02 Å². The van der Waals surface area contributed by atoms with Gasteiger partial charge in [-0.2, -0.15) is 5.10 Å². The van der Waals surface area contributed by atoms with Crippen molar-refractivity contribution < 1.29 is 9.18 Å². The Morgan fingerprint density at radius 2 is 1.92 bits per heavy atom. The molecule has 0 saturated heterocycles. The fraction of sp³-hybridized carbons (Fsp3) is 0.0588. The summed E-state index contributed by atoms with van der Waals surface area (Å²) >= 11 is 9.47. The van der Waals surface area contributed by atoms with Crippen molar-refractivity contribution in [1.29, 1.82) is 0 Å². The van der Waals surface area contributed by atoms with Crippen LogP contribution in [0.1, 0.15) is 15.9 Å². The quantitative estimate of drug-likeness (QED) is 0.678. The maximum Gasteiger partial charge on any atom is 0.258 e. The average Bonchev–Trinajstić information content (AvgIpc) is 2.89. The molecule has 1 heterocycles. The van der Waals surface area contributed by atoms with Gasteiger partial charge in [-0.3, -0.25) is 9.48 Å². The van der Waals surface area contributed by atoms with Crippen LogP contribution in [0.5, 0.6) is 0 Å². The van der Waals surface area contributed by atoms with E-state index in [1.165, 1.54) is 12.1 Å².